The number of rotatable bonds is 6. The van der Waals surface area contributed by atoms with Crippen LogP contribution in [0.2, 0.25) is 0 Å². The van der Waals surface area contributed by atoms with Crippen LogP contribution in [0, 0.1) is 13.8 Å². The minimum atomic E-state index is -0.778. The highest BCUT2D eigenvalue weighted by atomic mass is 16.6. The standard InChI is InChI=1S/C21H20O7/c1-12-5-6-16(9-13(12)2)18(24)11-26-21(25)17-7-8-19(27-14(3)22)20(10-17)28-15(4)23/h5-10H,11H2,1-4H3. The number of carbonyl (C=O) groups excluding carboxylic acids is 4. The Bertz CT molecular complexity index is 944. The van der Waals surface area contributed by atoms with Gasteiger partial charge in [0.1, 0.15) is 0 Å². The van der Waals surface area contributed by atoms with E-state index in [1.54, 1.807) is 12.1 Å². The highest BCUT2D eigenvalue weighted by molar-refractivity contribution is 5.99. The maximum Gasteiger partial charge on any atom is 0.338 e. The van der Waals surface area contributed by atoms with Crippen LogP contribution in [-0.2, 0) is 14.3 Å². The van der Waals surface area contributed by atoms with E-state index in [2.05, 4.69) is 0 Å². The van der Waals surface area contributed by atoms with Crippen LogP contribution in [0.5, 0.6) is 11.5 Å². The van der Waals surface area contributed by atoms with E-state index >= 15 is 0 Å². The van der Waals surface area contributed by atoms with Crippen LogP contribution in [0.3, 0.4) is 0 Å². The van der Waals surface area contributed by atoms with E-state index in [1.807, 2.05) is 19.9 Å². The Kier molecular flexibility index (Phi) is 6.65. The zero-order valence-corrected chi connectivity index (χ0v) is 16.0. The van der Waals surface area contributed by atoms with E-state index in [0.717, 1.165) is 11.1 Å². The van der Waals surface area contributed by atoms with Gasteiger partial charge in [0.15, 0.2) is 23.9 Å². The molecule has 7 nitrogen and oxygen atoms in total. The maximum atomic E-state index is 12.3. The molecule has 0 aliphatic carbocycles. The number of carbonyl (C=O) groups is 4. The molecule has 0 aliphatic heterocycles. The molecule has 0 aromatic heterocycles. The van der Waals surface area contributed by atoms with Gasteiger partial charge in [-0.25, -0.2) is 4.79 Å². The molecule has 0 spiro atoms. The molecule has 2 aromatic rings. The minimum Gasteiger partial charge on any atom is -0.454 e. The second-order valence-electron chi connectivity index (χ2n) is 6.15. The Morgan fingerprint density at radius 3 is 1.96 bits per heavy atom. The largest absolute Gasteiger partial charge is 0.454 e. The first-order valence-corrected chi connectivity index (χ1v) is 8.46. The average Bonchev–Trinajstić information content (AvgIpc) is 2.62. The molecule has 0 amide bonds. The van der Waals surface area contributed by atoms with Crippen LogP contribution < -0.4 is 9.47 Å². The predicted octanol–water partition coefficient (Wildman–Crippen LogP) is 3.19. The fraction of sp³-hybridized carbons (Fsp3) is 0.238. The molecule has 0 saturated heterocycles. The Morgan fingerprint density at radius 1 is 0.750 bits per heavy atom. The summed E-state index contributed by atoms with van der Waals surface area (Å²) in [5, 5.41) is 0. The number of benzene rings is 2. The van der Waals surface area contributed by atoms with Crippen LogP contribution >= 0.6 is 0 Å². The lowest BCUT2D eigenvalue weighted by Gasteiger charge is -2.10. The van der Waals surface area contributed by atoms with Crippen molar-refractivity contribution in [2.24, 2.45) is 0 Å². The molecule has 0 saturated carbocycles. The van der Waals surface area contributed by atoms with Crippen LogP contribution in [0.4, 0.5) is 0 Å². The summed E-state index contributed by atoms with van der Waals surface area (Å²) in [6, 6.07) is 9.09. The summed E-state index contributed by atoms with van der Waals surface area (Å²) in [4.78, 5) is 46.8. The van der Waals surface area contributed by atoms with Crippen molar-refractivity contribution in [2.45, 2.75) is 27.7 Å². The fourth-order valence-electron chi connectivity index (χ4n) is 2.32. The quantitative estimate of drug-likeness (QED) is 0.429. The van der Waals surface area contributed by atoms with Crippen molar-refractivity contribution in [3.05, 3.63) is 58.7 Å². The third-order valence-electron chi connectivity index (χ3n) is 3.85. The van der Waals surface area contributed by atoms with Crippen molar-refractivity contribution in [2.75, 3.05) is 6.61 Å². The van der Waals surface area contributed by atoms with Gasteiger partial charge in [-0.2, -0.15) is 0 Å². The Balaban J connectivity index is 2.12. The Hall–Kier alpha value is -3.48. The number of esters is 3. The molecule has 0 unspecified atom stereocenters. The van der Waals surface area contributed by atoms with E-state index < -0.39 is 24.5 Å². The van der Waals surface area contributed by atoms with Crippen LogP contribution in [0.25, 0.3) is 0 Å². The van der Waals surface area contributed by atoms with Gasteiger partial charge in [0.2, 0.25) is 0 Å². The molecular weight excluding hydrogens is 364 g/mol. The smallest absolute Gasteiger partial charge is 0.338 e. The molecule has 28 heavy (non-hydrogen) atoms. The lowest BCUT2D eigenvalue weighted by molar-refractivity contribution is -0.134. The average molecular weight is 384 g/mol. The summed E-state index contributed by atoms with van der Waals surface area (Å²) in [5.41, 5.74) is 2.51. The van der Waals surface area contributed by atoms with Crippen LogP contribution in [0.1, 0.15) is 45.7 Å². The predicted molar refractivity (Wildman–Crippen MR) is 99.6 cm³/mol. The molecule has 0 bridgehead atoms. The van der Waals surface area contributed by atoms with Gasteiger partial charge in [-0.3, -0.25) is 14.4 Å². The second kappa shape index (κ2) is 8.94. The summed E-state index contributed by atoms with van der Waals surface area (Å²) < 4.78 is 15.0. The van der Waals surface area contributed by atoms with Gasteiger partial charge in [-0.1, -0.05) is 12.1 Å². The van der Waals surface area contributed by atoms with Crippen molar-refractivity contribution in [1.82, 2.24) is 0 Å². The third-order valence-corrected chi connectivity index (χ3v) is 3.85. The first-order valence-electron chi connectivity index (χ1n) is 8.46. The van der Waals surface area contributed by atoms with E-state index in [-0.39, 0.29) is 22.8 Å². The van der Waals surface area contributed by atoms with Gasteiger partial charge in [-0.05, 0) is 49.2 Å². The maximum absolute atomic E-state index is 12.3. The molecule has 7 heteroatoms. The number of aryl methyl sites for hydroxylation is 2. The summed E-state index contributed by atoms with van der Waals surface area (Å²) in [6.45, 7) is 5.75. The normalized spacial score (nSPS) is 10.1. The van der Waals surface area contributed by atoms with E-state index in [1.165, 1.54) is 32.0 Å². The molecule has 146 valence electrons. The van der Waals surface area contributed by atoms with Crippen molar-refractivity contribution < 1.29 is 33.4 Å². The zero-order chi connectivity index (χ0) is 20.8. The number of Topliss-reactive ketones (excluding diaryl/α,β-unsaturated/α-hetero) is 1. The van der Waals surface area contributed by atoms with E-state index in [4.69, 9.17) is 14.2 Å². The van der Waals surface area contributed by atoms with Gasteiger partial charge in [0.05, 0.1) is 5.56 Å². The fourth-order valence-corrected chi connectivity index (χ4v) is 2.32. The lowest BCUT2D eigenvalue weighted by atomic mass is 10.0. The molecule has 0 heterocycles. The second-order valence-corrected chi connectivity index (χ2v) is 6.15. The van der Waals surface area contributed by atoms with Gasteiger partial charge in [0, 0.05) is 19.4 Å². The highest BCUT2D eigenvalue weighted by Crippen LogP contribution is 2.29. The molecule has 0 N–H and O–H groups in total. The lowest BCUT2D eigenvalue weighted by Crippen LogP contribution is -2.15. The number of ether oxygens (including phenoxy) is 3. The van der Waals surface area contributed by atoms with Crippen molar-refractivity contribution >= 4 is 23.7 Å². The van der Waals surface area contributed by atoms with E-state index in [9.17, 15) is 19.2 Å². The molecule has 0 fully saturated rings. The number of hydrogen-bond acceptors (Lipinski definition) is 7. The summed E-state index contributed by atoms with van der Waals surface area (Å²) in [6.07, 6.45) is 0. The Morgan fingerprint density at radius 2 is 1.36 bits per heavy atom. The first-order chi connectivity index (χ1) is 13.2. The Labute approximate surface area is 162 Å². The summed E-state index contributed by atoms with van der Waals surface area (Å²) >= 11 is 0. The first kappa shape index (κ1) is 20.8. The number of hydrogen-bond donors (Lipinski definition) is 0. The van der Waals surface area contributed by atoms with Crippen LogP contribution in [0.15, 0.2) is 36.4 Å². The van der Waals surface area contributed by atoms with Crippen molar-refractivity contribution in [1.29, 1.82) is 0 Å². The zero-order valence-electron chi connectivity index (χ0n) is 16.0. The SMILES string of the molecule is CC(=O)Oc1ccc(C(=O)OCC(=O)c2ccc(C)c(C)c2)cc1OC(C)=O. The summed E-state index contributed by atoms with van der Waals surface area (Å²) in [7, 11) is 0. The monoisotopic (exact) mass is 384 g/mol. The van der Waals surface area contributed by atoms with E-state index in [0.29, 0.717) is 5.56 Å². The molecule has 2 aromatic carbocycles. The summed E-state index contributed by atoms with van der Waals surface area (Å²) in [5.74, 6) is -2.48. The van der Waals surface area contributed by atoms with Crippen molar-refractivity contribution in [3.63, 3.8) is 0 Å². The molecule has 0 aliphatic rings. The molecular formula is C21H20O7. The highest BCUT2D eigenvalue weighted by Gasteiger charge is 2.17. The van der Waals surface area contributed by atoms with Gasteiger partial charge in [-0.15, -0.1) is 0 Å². The molecule has 2 rings (SSSR count). The van der Waals surface area contributed by atoms with Gasteiger partial charge < -0.3 is 14.2 Å². The topological polar surface area (TPSA) is 96.0 Å². The minimum absolute atomic E-state index is 0.00884. The van der Waals surface area contributed by atoms with Crippen LogP contribution in [-0.4, -0.2) is 30.3 Å². The number of ketones is 1. The molecule has 0 atom stereocenters. The molecule has 0 radical (unpaired) electrons. The van der Waals surface area contributed by atoms with Crippen molar-refractivity contribution in [3.8, 4) is 11.5 Å². The van der Waals surface area contributed by atoms with Gasteiger partial charge in [0.25, 0.3) is 0 Å². The van der Waals surface area contributed by atoms with Gasteiger partial charge >= 0.3 is 17.9 Å². The third kappa shape index (κ3) is 5.51.